The van der Waals surface area contributed by atoms with Crippen LogP contribution in [0.2, 0.25) is 0 Å². The van der Waals surface area contributed by atoms with Crippen molar-refractivity contribution in [2.24, 2.45) is 5.92 Å². The molecule has 0 fully saturated rings. The monoisotopic (exact) mass is 602 g/mol. The van der Waals surface area contributed by atoms with Crippen molar-refractivity contribution in [3.05, 3.63) is 35.9 Å². The molecule has 2 amide bonds. The second kappa shape index (κ2) is 26.0. The van der Waals surface area contributed by atoms with Gasteiger partial charge in [0.15, 0.2) is 0 Å². The second-order valence-corrected chi connectivity index (χ2v) is 12.4. The van der Waals surface area contributed by atoms with E-state index in [0.717, 1.165) is 18.4 Å². The normalized spacial score (nSPS) is 12.6. The van der Waals surface area contributed by atoms with E-state index in [2.05, 4.69) is 17.6 Å². The molecular formula is C36H62N2O5. The molecule has 0 saturated heterocycles. The lowest BCUT2D eigenvalue weighted by atomic mass is 10.0. The highest BCUT2D eigenvalue weighted by Gasteiger charge is 2.28. The van der Waals surface area contributed by atoms with Gasteiger partial charge in [-0.15, -0.1) is 0 Å². The molecule has 7 heteroatoms. The third-order valence-corrected chi connectivity index (χ3v) is 7.65. The zero-order valence-electron chi connectivity index (χ0n) is 27.8. The molecule has 1 rings (SSSR count). The zero-order valence-corrected chi connectivity index (χ0v) is 27.8. The van der Waals surface area contributed by atoms with E-state index in [0.29, 0.717) is 13.0 Å². The van der Waals surface area contributed by atoms with Crippen LogP contribution < -0.4 is 10.6 Å². The highest BCUT2D eigenvalue weighted by atomic mass is 16.5. The van der Waals surface area contributed by atoms with Crippen molar-refractivity contribution < 1.29 is 23.9 Å². The summed E-state index contributed by atoms with van der Waals surface area (Å²) >= 11 is 0. The highest BCUT2D eigenvalue weighted by Crippen LogP contribution is 2.14. The van der Waals surface area contributed by atoms with Gasteiger partial charge < -0.3 is 20.1 Å². The molecule has 0 spiro atoms. The molecule has 0 aliphatic rings. The molecule has 7 nitrogen and oxygen atoms in total. The molecule has 0 bridgehead atoms. The lowest BCUT2D eigenvalue weighted by Gasteiger charge is -2.23. The van der Waals surface area contributed by atoms with Crippen LogP contribution in [0.1, 0.15) is 142 Å². The van der Waals surface area contributed by atoms with E-state index in [1.54, 1.807) is 0 Å². The smallest absolute Gasteiger partial charge is 0.328 e. The molecule has 2 N–H and O–H groups in total. The maximum absolute atomic E-state index is 13.0. The van der Waals surface area contributed by atoms with E-state index < -0.39 is 24.0 Å². The van der Waals surface area contributed by atoms with E-state index in [1.807, 2.05) is 44.2 Å². The zero-order chi connectivity index (χ0) is 31.5. The number of esters is 1. The van der Waals surface area contributed by atoms with Gasteiger partial charge in [-0.1, -0.05) is 147 Å². The first-order chi connectivity index (χ1) is 20.8. The molecule has 0 heterocycles. The van der Waals surface area contributed by atoms with Gasteiger partial charge in [0.2, 0.25) is 11.8 Å². The van der Waals surface area contributed by atoms with Crippen molar-refractivity contribution in [3.63, 3.8) is 0 Å². The topological polar surface area (TPSA) is 93.7 Å². The van der Waals surface area contributed by atoms with Crippen molar-refractivity contribution in [1.82, 2.24) is 10.6 Å². The number of rotatable bonds is 27. The predicted molar refractivity (Wildman–Crippen MR) is 176 cm³/mol. The van der Waals surface area contributed by atoms with Crippen LogP contribution in [0, 0.1) is 5.92 Å². The van der Waals surface area contributed by atoms with Crippen molar-refractivity contribution in [2.75, 3.05) is 13.2 Å². The van der Waals surface area contributed by atoms with Gasteiger partial charge in [0.1, 0.15) is 18.7 Å². The fraction of sp³-hybridized carbons (Fsp3) is 0.750. The van der Waals surface area contributed by atoms with Crippen molar-refractivity contribution in [3.8, 4) is 0 Å². The lowest BCUT2D eigenvalue weighted by molar-refractivity contribution is -0.150. The van der Waals surface area contributed by atoms with Crippen LogP contribution in [0.15, 0.2) is 30.3 Å². The van der Waals surface area contributed by atoms with Gasteiger partial charge in [-0.2, -0.15) is 0 Å². The highest BCUT2D eigenvalue weighted by molar-refractivity contribution is 5.90. The molecule has 1 aromatic carbocycles. The van der Waals surface area contributed by atoms with Gasteiger partial charge in [0, 0.05) is 13.5 Å². The number of hydrogen-bond acceptors (Lipinski definition) is 5. The summed E-state index contributed by atoms with van der Waals surface area (Å²) in [6, 6.07) is 7.77. The minimum atomic E-state index is -0.866. The standard InChI is InChI=1S/C36H62N2O5/c1-5-6-7-8-9-10-11-12-13-14-15-16-17-18-19-23-26-42-29-34(37-31(4)39)35(40)38-33(27-30(2)3)36(41)43-28-32-24-21-20-22-25-32/h20-22,24-25,30,33-34H,5-19,23,26-29H2,1-4H3,(H,37,39)(H,38,40)/t33-,34?/m0/s1. The molecule has 0 aromatic heterocycles. The van der Waals surface area contributed by atoms with Gasteiger partial charge in [0.25, 0.3) is 0 Å². The third-order valence-electron chi connectivity index (χ3n) is 7.65. The van der Waals surface area contributed by atoms with E-state index in [9.17, 15) is 14.4 Å². The summed E-state index contributed by atoms with van der Waals surface area (Å²) in [7, 11) is 0. The predicted octanol–water partition coefficient (Wildman–Crippen LogP) is 8.04. The van der Waals surface area contributed by atoms with E-state index >= 15 is 0 Å². The van der Waals surface area contributed by atoms with Gasteiger partial charge in [0.05, 0.1) is 6.61 Å². The Hall–Kier alpha value is -2.41. The van der Waals surface area contributed by atoms with Crippen LogP contribution in [0.25, 0.3) is 0 Å². The average Bonchev–Trinajstić information content (AvgIpc) is 2.98. The van der Waals surface area contributed by atoms with Crippen LogP contribution in [0.5, 0.6) is 0 Å². The van der Waals surface area contributed by atoms with Crippen LogP contribution in [0.4, 0.5) is 0 Å². The van der Waals surface area contributed by atoms with Crippen LogP contribution >= 0.6 is 0 Å². The number of unbranched alkanes of at least 4 members (excludes halogenated alkanes) is 15. The molecule has 0 radical (unpaired) electrons. The minimum Gasteiger partial charge on any atom is -0.459 e. The number of carbonyl (C=O) groups excluding carboxylic acids is 3. The summed E-state index contributed by atoms with van der Waals surface area (Å²) in [6.07, 6.45) is 21.4. The summed E-state index contributed by atoms with van der Waals surface area (Å²) in [4.78, 5) is 37.6. The molecule has 0 aliphatic heterocycles. The van der Waals surface area contributed by atoms with E-state index in [1.165, 1.54) is 96.8 Å². The summed E-state index contributed by atoms with van der Waals surface area (Å²) in [5.41, 5.74) is 0.879. The average molecular weight is 603 g/mol. The lowest BCUT2D eigenvalue weighted by Crippen LogP contribution is -2.53. The Labute approximate surface area is 262 Å². The number of ether oxygens (including phenoxy) is 2. The number of benzene rings is 1. The molecule has 246 valence electrons. The van der Waals surface area contributed by atoms with Gasteiger partial charge in [-0.05, 0) is 24.3 Å². The summed E-state index contributed by atoms with van der Waals surface area (Å²) in [5, 5.41) is 5.45. The van der Waals surface area contributed by atoms with Crippen LogP contribution in [-0.2, 0) is 30.5 Å². The van der Waals surface area contributed by atoms with Gasteiger partial charge in [-0.25, -0.2) is 4.79 Å². The fourth-order valence-corrected chi connectivity index (χ4v) is 5.17. The molecule has 0 aliphatic carbocycles. The van der Waals surface area contributed by atoms with Gasteiger partial charge >= 0.3 is 5.97 Å². The molecule has 43 heavy (non-hydrogen) atoms. The summed E-state index contributed by atoms with van der Waals surface area (Å²) < 4.78 is 11.3. The Bertz CT molecular complexity index is 845. The fourth-order valence-electron chi connectivity index (χ4n) is 5.17. The Morgan fingerprint density at radius 3 is 1.70 bits per heavy atom. The van der Waals surface area contributed by atoms with E-state index in [4.69, 9.17) is 9.47 Å². The first-order valence-electron chi connectivity index (χ1n) is 17.2. The van der Waals surface area contributed by atoms with Crippen molar-refractivity contribution in [2.45, 2.75) is 156 Å². The van der Waals surface area contributed by atoms with Crippen LogP contribution in [0.3, 0.4) is 0 Å². The Kier molecular flexibility index (Phi) is 23.4. The maximum Gasteiger partial charge on any atom is 0.328 e. The van der Waals surface area contributed by atoms with Crippen molar-refractivity contribution in [1.29, 1.82) is 0 Å². The SMILES string of the molecule is CCCCCCCCCCCCCCCCCCOCC(NC(C)=O)C(=O)N[C@@H](CC(C)C)C(=O)OCc1ccccc1. The van der Waals surface area contributed by atoms with Crippen LogP contribution in [-0.4, -0.2) is 43.1 Å². The first-order valence-corrected chi connectivity index (χ1v) is 17.2. The number of carbonyl (C=O) groups is 3. The maximum atomic E-state index is 13.0. The molecule has 1 aromatic rings. The largest absolute Gasteiger partial charge is 0.459 e. The Morgan fingerprint density at radius 2 is 1.21 bits per heavy atom. The van der Waals surface area contributed by atoms with E-state index in [-0.39, 0.29) is 25.0 Å². The number of hydrogen-bond donors (Lipinski definition) is 2. The molecular weight excluding hydrogens is 540 g/mol. The van der Waals surface area contributed by atoms with Gasteiger partial charge in [-0.3, -0.25) is 9.59 Å². The summed E-state index contributed by atoms with van der Waals surface area (Å²) in [5.74, 6) is -1.08. The molecule has 0 saturated carbocycles. The van der Waals surface area contributed by atoms with Crippen molar-refractivity contribution >= 4 is 17.8 Å². The first kappa shape index (κ1) is 38.6. The number of amides is 2. The third kappa shape index (κ3) is 21.9. The Morgan fingerprint density at radius 1 is 0.698 bits per heavy atom. The Balaban J connectivity index is 2.23. The minimum absolute atomic E-state index is 0.0671. The second-order valence-electron chi connectivity index (χ2n) is 12.4. The number of nitrogens with one attached hydrogen (secondary N) is 2. The molecule has 2 atom stereocenters. The summed E-state index contributed by atoms with van der Waals surface area (Å²) in [6.45, 7) is 8.35. The molecule has 1 unspecified atom stereocenters. The quantitative estimate of drug-likeness (QED) is 0.0785.